The van der Waals surface area contributed by atoms with E-state index in [1.165, 1.54) is 8.78 Å². The van der Waals surface area contributed by atoms with Gasteiger partial charge in [0.25, 0.3) is 0 Å². The lowest BCUT2D eigenvalue weighted by atomic mass is 10.6. The van der Waals surface area contributed by atoms with Crippen molar-refractivity contribution >= 4 is 56.5 Å². The number of hydrogen-bond acceptors (Lipinski definition) is 1. The Bertz CT molecular complexity index is 23.6. The maximum absolute atomic E-state index is 11.4. The normalized spacial score (nSPS) is 7.80. The molecule has 0 amide bonds. The Morgan fingerprint density at radius 2 is 2.00 bits per heavy atom. The maximum Gasteiger partial charge on any atom is 0.490 e. The van der Waals surface area contributed by atoms with Crippen LogP contribution < -0.4 is 0 Å². The molecule has 0 rings (SSSR count). The molecular weight excluding hydrogens is 316 g/mol. The van der Waals surface area contributed by atoms with Crippen molar-refractivity contribution in [2.24, 2.45) is 0 Å². The Morgan fingerprint density at radius 1 is 1.80 bits per heavy atom. The molecule has 0 saturated carbocycles. The van der Waals surface area contributed by atoms with E-state index >= 15 is 0 Å². The van der Waals surface area contributed by atoms with E-state index in [1.807, 2.05) is 21.2 Å². The first-order chi connectivity index (χ1) is 2.27. The molecule has 0 saturated heterocycles. The molecule has 0 aromatic carbocycles. The third-order valence-electron chi connectivity index (χ3n) is 0.0673. The van der Waals surface area contributed by atoms with E-state index < -0.39 is 4.12 Å². The first-order valence-corrected chi connectivity index (χ1v) is 5.49. The lowest BCUT2D eigenvalue weighted by Crippen LogP contribution is -1.73. The zero-order chi connectivity index (χ0) is 4.28. The molecule has 0 bridgehead atoms. The molecule has 0 aromatic rings. The smallest absolute Gasteiger partial charge is 0.303 e. The van der Waals surface area contributed by atoms with Crippen molar-refractivity contribution in [2.45, 2.75) is 0 Å². The van der Waals surface area contributed by atoms with E-state index in [4.69, 9.17) is 0 Å². The summed E-state index contributed by atoms with van der Waals surface area (Å²) in [6, 6.07) is 0. The minimum absolute atomic E-state index is 0.742. The zero-order valence-corrected chi connectivity index (χ0v) is 7.25. The molecular formula is BFI2S. The summed E-state index contributed by atoms with van der Waals surface area (Å²) in [4.78, 5) is 0. The summed E-state index contributed by atoms with van der Waals surface area (Å²) < 4.78 is 10.6. The van der Waals surface area contributed by atoms with Gasteiger partial charge in [-0.05, 0) is 21.2 Å². The molecule has 0 nitrogen and oxygen atoms in total. The second-order valence-corrected chi connectivity index (χ2v) is 4.41. The predicted molar refractivity (Wildman–Crippen MR) is 42.5 cm³/mol. The summed E-state index contributed by atoms with van der Waals surface area (Å²) in [5.41, 5.74) is 0. The van der Waals surface area contributed by atoms with Gasteiger partial charge in [-0.1, -0.05) is 31.2 Å². The van der Waals surface area contributed by atoms with Crippen LogP contribution in [0.5, 0.6) is 0 Å². The SMILES string of the molecule is FB(I)SI. The van der Waals surface area contributed by atoms with Gasteiger partial charge in [-0.3, -0.25) is 0 Å². The lowest BCUT2D eigenvalue weighted by Gasteiger charge is -1.74. The highest BCUT2D eigenvalue weighted by molar-refractivity contribution is 14.2. The van der Waals surface area contributed by atoms with Crippen LogP contribution in [0.1, 0.15) is 0 Å². The molecule has 5 heteroatoms. The van der Waals surface area contributed by atoms with Gasteiger partial charge in [0.05, 0.1) is 0 Å². The van der Waals surface area contributed by atoms with Crippen LogP contribution in [-0.4, -0.2) is 4.12 Å². The van der Waals surface area contributed by atoms with Crippen LogP contribution in [-0.2, 0) is 0 Å². The molecule has 0 fully saturated rings. The summed E-state index contributed by atoms with van der Waals surface area (Å²) in [6.07, 6.45) is 0. The Kier molecular flexibility index (Phi) is 5.41. The van der Waals surface area contributed by atoms with Gasteiger partial charge in [0.1, 0.15) is 0 Å². The van der Waals surface area contributed by atoms with Crippen molar-refractivity contribution in [3.63, 3.8) is 0 Å². The fourth-order valence-corrected chi connectivity index (χ4v) is 0. The molecule has 0 heterocycles. The standard InChI is InChI=1S/BFI2S/c2-1(3)5-4. The van der Waals surface area contributed by atoms with Crippen molar-refractivity contribution in [1.29, 1.82) is 0 Å². The lowest BCUT2D eigenvalue weighted by molar-refractivity contribution is 0.892. The van der Waals surface area contributed by atoms with E-state index in [2.05, 4.69) is 0 Å². The van der Waals surface area contributed by atoms with Gasteiger partial charge in [0, 0.05) is 0 Å². The Morgan fingerprint density at radius 3 is 2.00 bits per heavy atom. The first-order valence-electron chi connectivity index (χ1n) is 0.826. The Balaban J connectivity index is 2.54. The molecule has 30 valence electrons. The fourth-order valence-electron chi connectivity index (χ4n) is 0. The molecule has 5 heavy (non-hydrogen) atoms. The second-order valence-electron chi connectivity index (χ2n) is 0.350. The molecule has 0 aliphatic carbocycles. The zero-order valence-electron chi connectivity index (χ0n) is 2.12. The van der Waals surface area contributed by atoms with Gasteiger partial charge in [-0.25, -0.2) is 0 Å². The van der Waals surface area contributed by atoms with Crippen LogP contribution in [0.25, 0.3) is 0 Å². The molecule has 0 atom stereocenters. The summed E-state index contributed by atoms with van der Waals surface area (Å²) in [5.74, 6) is 0. The van der Waals surface area contributed by atoms with Gasteiger partial charge in [0.15, 0.2) is 0 Å². The third-order valence-corrected chi connectivity index (χ3v) is 5.22. The minimum atomic E-state index is -0.742. The Hall–Kier alpha value is 1.80. The van der Waals surface area contributed by atoms with Crippen molar-refractivity contribution in [3.05, 3.63) is 0 Å². The highest BCUT2D eigenvalue weighted by atomic mass is 127. The highest BCUT2D eigenvalue weighted by Gasteiger charge is 2.02. The van der Waals surface area contributed by atoms with Crippen LogP contribution in [0, 0.1) is 0 Å². The van der Waals surface area contributed by atoms with Gasteiger partial charge in [-0.2, -0.15) is 0 Å². The Labute approximate surface area is 60.1 Å². The van der Waals surface area contributed by atoms with Crippen LogP contribution in [0.4, 0.5) is 4.32 Å². The maximum atomic E-state index is 11.4. The monoisotopic (exact) mass is 316 g/mol. The molecule has 0 radical (unpaired) electrons. The van der Waals surface area contributed by atoms with Crippen LogP contribution >= 0.6 is 52.4 Å². The predicted octanol–water partition coefficient (Wildman–Crippen LogP) is 2.46. The van der Waals surface area contributed by atoms with Crippen molar-refractivity contribution < 1.29 is 4.32 Å². The third kappa shape index (κ3) is 5.80. The number of rotatable bonds is 1. The molecule has 0 N–H and O–H groups in total. The second kappa shape index (κ2) is 3.98. The van der Waals surface area contributed by atoms with Gasteiger partial charge < -0.3 is 4.32 Å². The van der Waals surface area contributed by atoms with Gasteiger partial charge >= 0.3 is 4.12 Å². The summed E-state index contributed by atoms with van der Waals surface area (Å²) in [7, 11) is 1.17. The minimum Gasteiger partial charge on any atom is -0.303 e. The van der Waals surface area contributed by atoms with Gasteiger partial charge in [0.2, 0.25) is 0 Å². The molecule has 0 unspecified atom stereocenters. The summed E-state index contributed by atoms with van der Waals surface area (Å²) in [5, 5.41) is 0. The molecule has 0 aliphatic rings. The number of halogens is 3. The van der Waals surface area contributed by atoms with E-state index in [1.54, 1.807) is 22.4 Å². The van der Waals surface area contributed by atoms with Crippen LogP contribution in [0.15, 0.2) is 0 Å². The topological polar surface area (TPSA) is 0 Å². The van der Waals surface area contributed by atoms with Gasteiger partial charge in [-0.15, -0.1) is 0 Å². The molecule has 0 aromatic heterocycles. The van der Waals surface area contributed by atoms with Crippen molar-refractivity contribution in [3.8, 4) is 0 Å². The van der Waals surface area contributed by atoms with Crippen molar-refractivity contribution in [1.82, 2.24) is 0 Å². The average Bonchev–Trinajstić information content (AvgIpc) is 1.38. The first kappa shape index (κ1) is 6.80. The summed E-state index contributed by atoms with van der Waals surface area (Å²) in [6.45, 7) is 0. The largest absolute Gasteiger partial charge is 0.490 e. The quantitative estimate of drug-likeness (QED) is 0.529. The fraction of sp³-hybridized carbons (Fsp3) is 0. The average molecular weight is 316 g/mol. The van der Waals surface area contributed by atoms with E-state index in [9.17, 15) is 4.32 Å². The van der Waals surface area contributed by atoms with Crippen LogP contribution in [0.3, 0.4) is 0 Å². The number of hydrogen-bond donors (Lipinski definition) is 0. The van der Waals surface area contributed by atoms with E-state index in [0.717, 1.165) is 0 Å². The van der Waals surface area contributed by atoms with Crippen LogP contribution in [0.2, 0.25) is 0 Å². The summed E-state index contributed by atoms with van der Waals surface area (Å²) >= 11 is 3.61. The molecule has 0 aliphatic heterocycles. The van der Waals surface area contributed by atoms with E-state index in [0.29, 0.717) is 0 Å². The van der Waals surface area contributed by atoms with E-state index in [-0.39, 0.29) is 0 Å². The highest BCUT2D eigenvalue weighted by Crippen LogP contribution is 2.20. The molecule has 0 spiro atoms. The van der Waals surface area contributed by atoms with Crippen molar-refractivity contribution in [2.75, 3.05) is 0 Å².